The summed E-state index contributed by atoms with van der Waals surface area (Å²) < 4.78 is 0. The molecule has 3 N–H and O–H groups in total. The van der Waals surface area contributed by atoms with E-state index in [0.29, 0.717) is 10.9 Å². The highest BCUT2D eigenvalue weighted by Gasteiger charge is 2.20. The Morgan fingerprint density at radius 2 is 2.05 bits per heavy atom. The monoisotopic (exact) mass is 263 g/mol. The highest BCUT2D eigenvalue weighted by atomic mass is 16.6. The van der Waals surface area contributed by atoms with Gasteiger partial charge in [0.1, 0.15) is 5.69 Å². The van der Waals surface area contributed by atoms with Crippen LogP contribution in [0.4, 0.5) is 11.4 Å². The average Bonchev–Trinajstić information content (AvgIpc) is 2.43. The van der Waals surface area contributed by atoms with Gasteiger partial charge in [-0.05, 0) is 24.3 Å². The number of fused-ring (bicyclic) bond motifs is 1. The van der Waals surface area contributed by atoms with Crippen LogP contribution in [-0.4, -0.2) is 39.4 Å². The van der Waals surface area contributed by atoms with Gasteiger partial charge in [-0.15, -0.1) is 0 Å². The molecule has 0 atom stereocenters. The Balaban J connectivity index is 2.54. The van der Waals surface area contributed by atoms with E-state index in [1.807, 2.05) is 0 Å². The Hall–Kier alpha value is -2.25. The van der Waals surface area contributed by atoms with Crippen LogP contribution in [0.2, 0.25) is 0 Å². The fourth-order valence-corrected chi connectivity index (χ4v) is 1.82. The summed E-state index contributed by atoms with van der Waals surface area (Å²) in [7, 11) is 0. The maximum absolute atomic E-state index is 11.2. The number of anilines is 1. The van der Waals surface area contributed by atoms with Gasteiger partial charge in [0, 0.05) is 6.20 Å². The Bertz CT molecular complexity index is 599. The minimum Gasteiger partial charge on any atom is -0.394 e. The quantitative estimate of drug-likeness (QED) is 0.546. The fourth-order valence-electron chi connectivity index (χ4n) is 1.82. The standard InChI is InChI=1S/C12H13N3O4/c16-6-8(7-17)14-11-4-3-10-9(2-1-5-13-10)12(11)15(18)19/h1-5,8,14,16-17H,6-7H2. The number of hydrogen-bond donors (Lipinski definition) is 3. The van der Waals surface area contributed by atoms with E-state index in [4.69, 9.17) is 10.2 Å². The molecular weight excluding hydrogens is 250 g/mol. The van der Waals surface area contributed by atoms with Crippen LogP contribution >= 0.6 is 0 Å². The molecule has 0 saturated heterocycles. The molecule has 0 aliphatic rings. The van der Waals surface area contributed by atoms with Crippen LogP contribution in [0.5, 0.6) is 0 Å². The maximum Gasteiger partial charge on any atom is 0.301 e. The number of benzene rings is 1. The molecule has 0 aliphatic heterocycles. The molecule has 0 spiro atoms. The van der Waals surface area contributed by atoms with E-state index in [0.717, 1.165) is 0 Å². The lowest BCUT2D eigenvalue weighted by molar-refractivity contribution is -0.382. The molecule has 2 aromatic rings. The summed E-state index contributed by atoms with van der Waals surface area (Å²) in [6.45, 7) is -0.641. The Kier molecular flexibility index (Phi) is 3.88. The molecule has 19 heavy (non-hydrogen) atoms. The third kappa shape index (κ3) is 2.61. The molecule has 0 radical (unpaired) electrons. The van der Waals surface area contributed by atoms with E-state index >= 15 is 0 Å². The summed E-state index contributed by atoms with van der Waals surface area (Å²) in [6, 6.07) is 5.75. The first-order valence-corrected chi connectivity index (χ1v) is 5.67. The molecule has 1 aromatic carbocycles. The summed E-state index contributed by atoms with van der Waals surface area (Å²) in [6.07, 6.45) is 1.56. The van der Waals surface area contributed by atoms with Crippen LogP contribution in [0.15, 0.2) is 30.5 Å². The molecule has 7 heteroatoms. The van der Waals surface area contributed by atoms with Crippen molar-refractivity contribution in [1.82, 2.24) is 4.98 Å². The first-order chi connectivity index (χ1) is 9.17. The maximum atomic E-state index is 11.2. The number of nitrogens with one attached hydrogen (secondary N) is 1. The van der Waals surface area contributed by atoms with Gasteiger partial charge < -0.3 is 15.5 Å². The van der Waals surface area contributed by atoms with Crippen LogP contribution in [0, 0.1) is 10.1 Å². The molecule has 0 aliphatic carbocycles. The first-order valence-electron chi connectivity index (χ1n) is 5.67. The van der Waals surface area contributed by atoms with Crippen molar-refractivity contribution in [2.45, 2.75) is 6.04 Å². The Morgan fingerprint density at radius 3 is 2.68 bits per heavy atom. The zero-order valence-electron chi connectivity index (χ0n) is 9.98. The van der Waals surface area contributed by atoms with E-state index in [9.17, 15) is 10.1 Å². The predicted octanol–water partition coefficient (Wildman–Crippen LogP) is 0.908. The number of nitro groups is 1. The number of pyridine rings is 1. The molecule has 100 valence electrons. The van der Waals surface area contributed by atoms with Crippen LogP contribution in [0.3, 0.4) is 0 Å². The average molecular weight is 263 g/mol. The van der Waals surface area contributed by atoms with Gasteiger partial charge in [0.05, 0.1) is 35.1 Å². The number of aliphatic hydroxyl groups excluding tert-OH is 2. The van der Waals surface area contributed by atoms with Gasteiger partial charge in [-0.2, -0.15) is 0 Å². The van der Waals surface area contributed by atoms with E-state index in [1.54, 1.807) is 24.4 Å². The minimum atomic E-state index is -0.646. The fraction of sp³-hybridized carbons (Fsp3) is 0.250. The Labute approximate surface area is 108 Å². The second-order valence-corrected chi connectivity index (χ2v) is 4.00. The zero-order chi connectivity index (χ0) is 13.8. The first kappa shape index (κ1) is 13.2. The van der Waals surface area contributed by atoms with Gasteiger partial charge in [-0.25, -0.2) is 0 Å². The summed E-state index contributed by atoms with van der Waals surface area (Å²) >= 11 is 0. The van der Waals surface area contributed by atoms with Crippen molar-refractivity contribution < 1.29 is 15.1 Å². The lowest BCUT2D eigenvalue weighted by Gasteiger charge is -2.15. The number of nitrogens with zero attached hydrogens (tertiary/aromatic N) is 2. The van der Waals surface area contributed by atoms with Crippen LogP contribution in [0.1, 0.15) is 0 Å². The van der Waals surface area contributed by atoms with E-state index < -0.39 is 11.0 Å². The topological polar surface area (TPSA) is 109 Å². The molecule has 1 aromatic heterocycles. The van der Waals surface area contributed by atoms with Crippen molar-refractivity contribution in [1.29, 1.82) is 0 Å². The minimum absolute atomic E-state index is 0.113. The molecule has 0 saturated carbocycles. The van der Waals surface area contributed by atoms with Crippen LogP contribution in [0.25, 0.3) is 10.9 Å². The second kappa shape index (κ2) is 5.59. The number of hydrogen-bond acceptors (Lipinski definition) is 6. The summed E-state index contributed by atoms with van der Waals surface area (Å²) in [5.74, 6) is 0. The number of aliphatic hydroxyl groups is 2. The molecule has 1 heterocycles. The SMILES string of the molecule is O=[N+]([O-])c1c(NC(CO)CO)ccc2ncccc12. The van der Waals surface area contributed by atoms with Crippen molar-refractivity contribution >= 4 is 22.3 Å². The Morgan fingerprint density at radius 1 is 1.32 bits per heavy atom. The number of nitro benzene ring substituents is 1. The largest absolute Gasteiger partial charge is 0.394 e. The highest BCUT2D eigenvalue weighted by molar-refractivity contribution is 5.94. The van der Waals surface area contributed by atoms with Crippen molar-refractivity contribution in [3.63, 3.8) is 0 Å². The highest BCUT2D eigenvalue weighted by Crippen LogP contribution is 2.32. The van der Waals surface area contributed by atoms with Crippen molar-refractivity contribution in [2.75, 3.05) is 18.5 Å². The zero-order valence-corrected chi connectivity index (χ0v) is 9.98. The lowest BCUT2D eigenvalue weighted by atomic mass is 10.1. The molecule has 2 rings (SSSR count). The van der Waals surface area contributed by atoms with Crippen molar-refractivity contribution in [3.8, 4) is 0 Å². The number of aromatic nitrogens is 1. The molecule has 0 bridgehead atoms. The lowest BCUT2D eigenvalue weighted by Crippen LogP contribution is -2.28. The van der Waals surface area contributed by atoms with Gasteiger partial charge in [0.25, 0.3) is 0 Å². The van der Waals surface area contributed by atoms with E-state index in [1.165, 1.54) is 6.07 Å². The molecule has 7 nitrogen and oxygen atoms in total. The smallest absolute Gasteiger partial charge is 0.301 e. The normalized spacial score (nSPS) is 10.9. The molecule has 0 amide bonds. The molecular formula is C12H13N3O4. The van der Waals surface area contributed by atoms with Gasteiger partial charge in [-0.1, -0.05) is 0 Å². The summed E-state index contributed by atoms with van der Waals surface area (Å²) in [5, 5.41) is 32.4. The van der Waals surface area contributed by atoms with Crippen molar-refractivity contribution in [3.05, 3.63) is 40.6 Å². The van der Waals surface area contributed by atoms with Gasteiger partial charge in [0.15, 0.2) is 0 Å². The summed E-state index contributed by atoms with van der Waals surface area (Å²) in [5.41, 5.74) is 0.653. The predicted molar refractivity (Wildman–Crippen MR) is 70.0 cm³/mol. The molecule has 0 fully saturated rings. The number of rotatable bonds is 5. The summed E-state index contributed by atoms with van der Waals surface area (Å²) in [4.78, 5) is 14.8. The molecule has 0 unspecified atom stereocenters. The van der Waals surface area contributed by atoms with Gasteiger partial charge in [0.2, 0.25) is 0 Å². The van der Waals surface area contributed by atoms with Gasteiger partial charge >= 0.3 is 5.69 Å². The van der Waals surface area contributed by atoms with Crippen molar-refractivity contribution in [2.24, 2.45) is 0 Å². The van der Waals surface area contributed by atoms with E-state index in [2.05, 4.69) is 10.3 Å². The van der Waals surface area contributed by atoms with Crippen LogP contribution in [-0.2, 0) is 0 Å². The third-order valence-corrected chi connectivity index (χ3v) is 2.74. The second-order valence-electron chi connectivity index (χ2n) is 4.00. The van der Waals surface area contributed by atoms with E-state index in [-0.39, 0.29) is 24.6 Å². The van der Waals surface area contributed by atoms with Crippen LogP contribution < -0.4 is 5.32 Å². The third-order valence-electron chi connectivity index (χ3n) is 2.74. The van der Waals surface area contributed by atoms with Gasteiger partial charge in [-0.3, -0.25) is 15.1 Å².